The first-order valence-corrected chi connectivity index (χ1v) is 14.6. The molecule has 8 aromatic carbocycles. The van der Waals surface area contributed by atoms with Crippen LogP contribution in [0.15, 0.2) is 162 Å². The number of rotatable bonds is 3. The molecule has 0 N–H and O–H groups in total. The molecule has 0 spiro atoms. The van der Waals surface area contributed by atoms with Crippen molar-refractivity contribution in [2.24, 2.45) is 0 Å². The Labute approximate surface area is 252 Å². The van der Waals surface area contributed by atoms with E-state index in [2.05, 4.69) is 97.1 Å². The summed E-state index contributed by atoms with van der Waals surface area (Å²) in [5.74, 6) is 0. The number of para-hydroxylation sites is 1. The molecule has 9 aromatic rings. The van der Waals surface area contributed by atoms with Crippen LogP contribution in [0.1, 0.15) is 2.74 Å². The summed E-state index contributed by atoms with van der Waals surface area (Å²) in [5, 5.41) is 9.19. The second-order valence-corrected chi connectivity index (χ2v) is 11.1. The molecule has 0 fully saturated rings. The quantitative estimate of drug-likeness (QED) is 0.200. The number of furan rings is 1. The summed E-state index contributed by atoms with van der Waals surface area (Å²) in [7, 11) is 0. The van der Waals surface area contributed by atoms with E-state index in [4.69, 9.17) is 7.16 Å². The van der Waals surface area contributed by atoms with Crippen LogP contribution >= 0.6 is 0 Å². The predicted molar refractivity (Wildman–Crippen MR) is 183 cm³/mol. The first-order chi connectivity index (χ1) is 22.1. The van der Waals surface area contributed by atoms with Gasteiger partial charge in [0, 0.05) is 10.8 Å². The first-order valence-electron chi connectivity index (χ1n) is 15.6. The van der Waals surface area contributed by atoms with E-state index in [0.717, 1.165) is 43.8 Å². The van der Waals surface area contributed by atoms with Crippen LogP contribution in [0.2, 0.25) is 0 Å². The molecule has 0 bridgehead atoms. The Bertz CT molecular complexity index is 2550. The van der Waals surface area contributed by atoms with Gasteiger partial charge in [0.15, 0.2) is 0 Å². The van der Waals surface area contributed by atoms with Crippen LogP contribution in [-0.2, 0) is 0 Å². The lowest BCUT2D eigenvalue weighted by Gasteiger charge is -2.18. The van der Waals surface area contributed by atoms with Gasteiger partial charge in [-0.2, -0.15) is 0 Å². The third-order valence-corrected chi connectivity index (χ3v) is 8.73. The number of benzene rings is 8. The van der Waals surface area contributed by atoms with Crippen LogP contribution in [0.3, 0.4) is 0 Å². The lowest BCUT2D eigenvalue weighted by molar-refractivity contribution is 0.669. The van der Waals surface area contributed by atoms with Gasteiger partial charge in [-0.1, -0.05) is 139 Å². The normalized spacial score (nSPS) is 12.4. The zero-order chi connectivity index (χ0) is 30.1. The fourth-order valence-electron chi connectivity index (χ4n) is 6.81. The van der Waals surface area contributed by atoms with Gasteiger partial charge in [-0.15, -0.1) is 0 Å². The maximum absolute atomic E-state index is 8.03. The highest BCUT2D eigenvalue weighted by molar-refractivity contribution is 6.22. The van der Waals surface area contributed by atoms with E-state index in [9.17, 15) is 0 Å². The van der Waals surface area contributed by atoms with Crippen molar-refractivity contribution in [3.05, 3.63) is 158 Å². The molecule has 0 atom stereocenters. The van der Waals surface area contributed by atoms with E-state index >= 15 is 0 Å². The minimum absolute atomic E-state index is 0.446. The molecule has 0 amide bonds. The van der Waals surface area contributed by atoms with Gasteiger partial charge in [0.1, 0.15) is 11.2 Å². The van der Waals surface area contributed by atoms with Crippen LogP contribution in [0.25, 0.3) is 87.6 Å². The van der Waals surface area contributed by atoms with E-state index in [-0.39, 0.29) is 0 Å². The summed E-state index contributed by atoms with van der Waals surface area (Å²) < 4.78 is 22.2. The SMILES string of the molecule is [2H]c1ccc2cc(-c3c4ccccc4c(-c4ccc(-c5cccc6oc7cc([2H])ccc7c56)cc4)c4ccccc34)ccc2c1. The van der Waals surface area contributed by atoms with Gasteiger partial charge < -0.3 is 4.42 Å². The van der Waals surface area contributed by atoms with Gasteiger partial charge in [-0.05, 0) is 83.9 Å². The Morgan fingerprint density at radius 2 is 1.00 bits per heavy atom. The zero-order valence-corrected chi connectivity index (χ0v) is 23.3. The van der Waals surface area contributed by atoms with Gasteiger partial charge in [0.25, 0.3) is 0 Å². The average Bonchev–Trinajstić information content (AvgIpc) is 3.45. The second-order valence-electron chi connectivity index (χ2n) is 11.1. The first kappa shape index (κ1) is 22.0. The molecule has 0 aliphatic heterocycles. The topological polar surface area (TPSA) is 13.1 Å². The number of hydrogen-bond acceptors (Lipinski definition) is 1. The average molecular weight is 549 g/mol. The minimum atomic E-state index is 0.446. The molecule has 0 unspecified atom stereocenters. The Hall–Kier alpha value is -5.66. The fraction of sp³-hybridized carbons (Fsp3) is 0. The monoisotopic (exact) mass is 548 g/mol. The maximum Gasteiger partial charge on any atom is 0.136 e. The molecule has 0 aliphatic rings. The van der Waals surface area contributed by atoms with E-state index in [1.54, 1.807) is 6.07 Å². The van der Waals surface area contributed by atoms with Crippen LogP contribution in [0.4, 0.5) is 0 Å². The highest BCUT2D eigenvalue weighted by Crippen LogP contribution is 2.45. The molecule has 0 radical (unpaired) electrons. The van der Waals surface area contributed by atoms with Gasteiger partial charge in [0.05, 0.1) is 2.74 Å². The molecule has 9 rings (SSSR count). The lowest BCUT2D eigenvalue weighted by Crippen LogP contribution is -1.91. The molecule has 43 heavy (non-hydrogen) atoms. The maximum atomic E-state index is 8.03. The molecule has 1 heterocycles. The smallest absolute Gasteiger partial charge is 0.136 e. The van der Waals surface area contributed by atoms with Crippen molar-refractivity contribution in [3.8, 4) is 33.4 Å². The highest BCUT2D eigenvalue weighted by Gasteiger charge is 2.17. The Balaban J connectivity index is 1.24. The van der Waals surface area contributed by atoms with E-state index in [1.807, 2.05) is 42.5 Å². The van der Waals surface area contributed by atoms with E-state index in [0.29, 0.717) is 12.1 Å². The van der Waals surface area contributed by atoms with Crippen LogP contribution in [0, 0.1) is 0 Å². The molecule has 200 valence electrons. The Morgan fingerprint density at radius 3 is 1.74 bits per heavy atom. The summed E-state index contributed by atoms with van der Waals surface area (Å²) in [6.07, 6.45) is 0. The third kappa shape index (κ3) is 3.72. The number of hydrogen-bond donors (Lipinski definition) is 0. The third-order valence-electron chi connectivity index (χ3n) is 8.73. The molecule has 0 saturated carbocycles. The van der Waals surface area contributed by atoms with E-state index in [1.165, 1.54) is 43.8 Å². The zero-order valence-electron chi connectivity index (χ0n) is 25.3. The van der Waals surface area contributed by atoms with Crippen molar-refractivity contribution in [1.29, 1.82) is 0 Å². The molecule has 0 aliphatic carbocycles. The highest BCUT2D eigenvalue weighted by atomic mass is 16.3. The second kappa shape index (κ2) is 9.44. The summed E-state index contributed by atoms with van der Waals surface area (Å²) >= 11 is 0. The largest absolute Gasteiger partial charge is 0.456 e. The van der Waals surface area contributed by atoms with Crippen molar-refractivity contribution < 1.29 is 7.16 Å². The van der Waals surface area contributed by atoms with Crippen molar-refractivity contribution in [2.45, 2.75) is 0 Å². The molecular weight excluding hydrogens is 520 g/mol. The Kier molecular flexibility index (Phi) is 4.83. The Morgan fingerprint density at radius 1 is 0.395 bits per heavy atom. The van der Waals surface area contributed by atoms with Crippen molar-refractivity contribution >= 4 is 54.3 Å². The molecule has 0 saturated heterocycles. The summed E-state index contributed by atoms with van der Waals surface area (Å²) in [4.78, 5) is 0. The predicted octanol–water partition coefficient (Wildman–Crippen LogP) is 12.0. The summed E-state index contributed by atoms with van der Waals surface area (Å²) in [6.45, 7) is 0. The van der Waals surface area contributed by atoms with Gasteiger partial charge in [-0.3, -0.25) is 0 Å². The van der Waals surface area contributed by atoms with Crippen LogP contribution < -0.4 is 0 Å². The van der Waals surface area contributed by atoms with Crippen molar-refractivity contribution in [3.63, 3.8) is 0 Å². The van der Waals surface area contributed by atoms with Gasteiger partial charge >= 0.3 is 0 Å². The van der Waals surface area contributed by atoms with Crippen LogP contribution in [-0.4, -0.2) is 0 Å². The fourth-order valence-corrected chi connectivity index (χ4v) is 6.81. The minimum Gasteiger partial charge on any atom is -0.456 e. The molecule has 1 nitrogen and oxygen atoms in total. The van der Waals surface area contributed by atoms with Gasteiger partial charge in [0.2, 0.25) is 0 Å². The van der Waals surface area contributed by atoms with Gasteiger partial charge in [-0.25, -0.2) is 0 Å². The molecule has 1 aromatic heterocycles. The lowest BCUT2D eigenvalue weighted by atomic mass is 9.85. The molecular formula is C42H26O. The molecule has 1 heteroatoms. The summed E-state index contributed by atoms with van der Waals surface area (Å²) in [6, 6.07) is 51.5. The summed E-state index contributed by atoms with van der Waals surface area (Å²) in [5.41, 5.74) is 8.62. The van der Waals surface area contributed by atoms with E-state index < -0.39 is 0 Å². The number of fused-ring (bicyclic) bond motifs is 6. The van der Waals surface area contributed by atoms with Crippen molar-refractivity contribution in [1.82, 2.24) is 0 Å². The standard InChI is InChI=1S/C42H26O/c1-2-11-30-26-31(25-20-27(30)10-1)41-35-14-5-3-12-33(35)40(34-13-4-6-15-36(34)41)29-23-21-28(22-24-29)32-17-9-19-39-42(32)37-16-7-8-18-38(37)43-39/h1-26H/i1D,8D. The van der Waals surface area contributed by atoms with Crippen molar-refractivity contribution in [2.75, 3.05) is 0 Å². The van der Waals surface area contributed by atoms with Crippen LogP contribution in [0.5, 0.6) is 0 Å².